The number of ether oxygens (including phenoxy) is 2. The minimum Gasteiger partial charge on any atom is -0.379 e. The molecule has 0 aliphatic heterocycles. The van der Waals surface area contributed by atoms with Crippen molar-refractivity contribution in [3.63, 3.8) is 0 Å². The molecule has 1 aromatic rings. The Hall–Kier alpha value is -0.980. The third-order valence-electron chi connectivity index (χ3n) is 2.28. The van der Waals surface area contributed by atoms with Crippen LogP contribution in [0.4, 0.5) is 18.9 Å². The smallest absolute Gasteiger partial charge is 0.379 e. The number of hydrogen-bond donors (Lipinski definition) is 1. The van der Waals surface area contributed by atoms with E-state index < -0.39 is 18.0 Å². The number of rotatable bonds is 5. The van der Waals surface area contributed by atoms with Crippen LogP contribution in [-0.4, -0.2) is 27.1 Å². The molecule has 7 heteroatoms. The van der Waals surface area contributed by atoms with Gasteiger partial charge >= 0.3 is 6.18 Å². The molecule has 0 amide bonds. The predicted octanol–water partition coefficient (Wildman–Crippen LogP) is 3.39. The van der Waals surface area contributed by atoms with Gasteiger partial charge in [-0.15, -0.1) is 0 Å². The average Bonchev–Trinajstić information content (AvgIpc) is 2.31. The van der Waals surface area contributed by atoms with Crippen molar-refractivity contribution in [3.8, 4) is 0 Å². The molecule has 0 aliphatic carbocycles. The van der Waals surface area contributed by atoms with Gasteiger partial charge in [0.05, 0.1) is 22.8 Å². The van der Waals surface area contributed by atoms with Crippen LogP contribution in [0.25, 0.3) is 0 Å². The van der Waals surface area contributed by atoms with E-state index in [0.717, 1.165) is 12.1 Å². The SMILES string of the molecule is COC(CNc1cc(C(F)(F)F)ccc1Cl)OC. The van der Waals surface area contributed by atoms with Crippen molar-refractivity contribution in [1.82, 2.24) is 0 Å². The highest BCUT2D eigenvalue weighted by atomic mass is 35.5. The van der Waals surface area contributed by atoms with Crippen LogP contribution in [0.15, 0.2) is 18.2 Å². The van der Waals surface area contributed by atoms with Gasteiger partial charge in [-0.05, 0) is 18.2 Å². The largest absolute Gasteiger partial charge is 0.416 e. The van der Waals surface area contributed by atoms with Crippen molar-refractivity contribution < 1.29 is 22.6 Å². The van der Waals surface area contributed by atoms with Crippen LogP contribution in [0.1, 0.15) is 5.56 Å². The van der Waals surface area contributed by atoms with Crippen LogP contribution in [0.5, 0.6) is 0 Å². The molecule has 0 saturated heterocycles. The van der Waals surface area contributed by atoms with E-state index in [1.54, 1.807) is 0 Å². The van der Waals surface area contributed by atoms with E-state index in [-0.39, 0.29) is 17.3 Å². The molecule has 1 rings (SSSR count). The van der Waals surface area contributed by atoms with Gasteiger partial charge in [0.2, 0.25) is 0 Å². The summed E-state index contributed by atoms with van der Waals surface area (Å²) in [4.78, 5) is 0. The molecule has 0 radical (unpaired) electrons. The average molecular weight is 284 g/mol. The zero-order valence-corrected chi connectivity index (χ0v) is 10.6. The summed E-state index contributed by atoms with van der Waals surface area (Å²) in [7, 11) is 2.87. The van der Waals surface area contributed by atoms with Gasteiger partial charge in [0.15, 0.2) is 6.29 Å². The van der Waals surface area contributed by atoms with E-state index in [4.69, 9.17) is 21.1 Å². The lowest BCUT2D eigenvalue weighted by molar-refractivity contribution is -0.137. The first kappa shape index (κ1) is 15.1. The highest BCUT2D eigenvalue weighted by Gasteiger charge is 2.30. The molecule has 3 nitrogen and oxygen atoms in total. The van der Waals surface area contributed by atoms with E-state index in [1.165, 1.54) is 20.3 Å². The van der Waals surface area contributed by atoms with Crippen LogP contribution >= 0.6 is 11.6 Å². The first-order valence-corrected chi connectivity index (χ1v) is 5.42. The van der Waals surface area contributed by atoms with E-state index in [0.29, 0.717) is 0 Å². The molecule has 0 aliphatic rings. The molecular formula is C11H13ClF3NO2. The second kappa shape index (κ2) is 6.26. The zero-order valence-electron chi connectivity index (χ0n) is 9.84. The van der Waals surface area contributed by atoms with Crippen molar-refractivity contribution in [2.75, 3.05) is 26.1 Å². The first-order valence-electron chi connectivity index (χ1n) is 5.04. The maximum absolute atomic E-state index is 12.5. The Kier molecular flexibility index (Phi) is 5.25. The van der Waals surface area contributed by atoms with Gasteiger partial charge in [-0.25, -0.2) is 0 Å². The van der Waals surface area contributed by atoms with Crippen molar-refractivity contribution in [3.05, 3.63) is 28.8 Å². The van der Waals surface area contributed by atoms with E-state index in [2.05, 4.69) is 5.32 Å². The van der Waals surface area contributed by atoms with Crippen LogP contribution in [0.3, 0.4) is 0 Å². The fourth-order valence-electron chi connectivity index (χ4n) is 1.29. The van der Waals surface area contributed by atoms with E-state index in [1.807, 2.05) is 0 Å². The number of nitrogens with one attached hydrogen (secondary N) is 1. The van der Waals surface area contributed by atoms with Crippen LogP contribution in [0, 0.1) is 0 Å². The molecule has 1 aromatic carbocycles. The van der Waals surface area contributed by atoms with E-state index >= 15 is 0 Å². The number of methoxy groups -OCH3 is 2. The molecule has 0 heterocycles. The van der Waals surface area contributed by atoms with Gasteiger partial charge in [-0.2, -0.15) is 13.2 Å². The van der Waals surface area contributed by atoms with Crippen molar-refractivity contribution in [2.45, 2.75) is 12.5 Å². The first-order chi connectivity index (χ1) is 8.38. The maximum atomic E-state index is 12.5. The molecule has 18 heavy (non-hydrogen) atoms. The summed E-state index contributed by atoms with van der Waals surface area (Å²) in [6, 6.07) is 3.07. The zero-order chi connectivity index (χ0) is 13.8. The maximum Gasteiger partial charge on any atom is 0.416 e. The monoisotopic (exact) mass is 283 g/mol. The quantitative estimate of drug-likeness (QED) is 0.840. The highest BCUT2D eigenvalue weighted by molar-refractivity contribution is 6.33. The van der Waals surface area contributed by atoms with E-state index in [9.17, 15) is 13.2 Å². The van der Waals surface area contributed by atoms with Crippen molar-refractivity contribution in [2.24, 2.45) is 0 Å². The van der Waals surface area contributed by atoms with Gasteiger partial charge in [0, 0.05) is 14.2 Å². The molecule has 0 atom stereocenters. The summed E-state index contributed by atoms with van der Waals surface area (Å²) in [6.07, 6.45) is -4.96. The molecule has 0 unspecified atom stereocenters. The third kappa shape index (κ3) is 4.04. The topological polar surface area (TPSA) is 30.5 Å². The second-order valence-electron chi connectivity index (χ2n) is 3.47. The number of halogens is 4. The lowest BCUT2D eigenvalue weighted by Gasteiger charge is -2.16. The summed E-state index contributed by atoms with van der Waals surface area (Å²) in [5, 5.41) is 2.95. The number of anilines is 1. The Morgan fingerprint density at radius 1 is 1.28 bits per heavy atom. The lowest BCUT2D eigenvalue weighted by atomic mass is 10.2. The summed E-state index contributed by atoms with van der Waals surface area (Å²) in [5.74, 6) is 0. The second-order valence-corrected chi connectivity index (χ2v) is 3.88. The Morgan fingerprint density at radius 3 is 2.39 bits per heavy atom. The molecule has 102 valence electrons. The van der Waals surface area contributed by atoms with Gasteiger partial charge < -0.3 is 14.8 Å². The summed E-state index contributed by atoms with van der Waals surface area (Å²) in [6.45, 7) is 0.189. The minimum atomic E-state index is -4.40. The van der Waals surface area contributed by atoms with Crippen LogP contribution in [-0.2, 0) is 15.7 Å². The Morgan fingerprint density at radius 2 is 1.89 bits per heavy atom. The van der Waals surface area contributed by atoms with Gasteiger partial charge in [-0.3, -0.25) is 0 Å². The van der Waals surface area contributed by atoms with Gasteiger partial charge in [-0.1, -0.05) is 11.6 Å². The summed E-state index contributed by atoms with van der Waals surface area (Å²) in [5.41, 5.74) is -0.577. The van der Waals surface area contributed by atoms with Gasteiger partial charge in [0.1, 0.15) is 0 Å². The standard InChI is InChI=1S/C11H13ClF3NO2/c1-17-10(18-2)6-16-9-5-7(11(13,14)15)3-4-8(9)12/h3-5,10,16H,6H2,1-2H3. The van der Waals surface area contributed by atoms with Gasteiger partial charge in [0.25, 0.3) is 0 Å². The number of benzene rings is 1. The Bertz CT molecular complexity index is 394. The summed E-state index contributed by atoms with van der Waals surface area (Å²) >= 11 is 5.80. The van der Waals surface area contributed by atoms with Crippen molar-refractivity contribution in [1.29, 1.82) is 0 Å². The molecule has 0 spiro atoms. The Balaban J connectivity index is 2.82. The normalized spacial score (nSPS) is 11.9. The molecule has 0 bridgehead atoms. The fraction of sp³-hybridized carbons (Fsp3) is 0.455. The molecule has 0 saturated carbocycles. The lowest BCUT2D eigenvalue weighted by Crippen LogP contribution is -2.23. The number of hydrogen-bond acceptors (Lipinski definition) is 3. The van der Waals surface area contributed by atoms with Crippen LogP contribution < -0.4 is 5.32 Å². The Labute approximate surface area is 108 Å². The fourth-order valence-corrected chi connectivity index (χ4v) is 1.48. The third-order valence-corrected chi connectivity index (χ3v) is 2.61. The number of alkyl halides is 3. The highest BCUT2D eigenvalue weighted by Crippen LogP contribution is 2.33. The minimum absolute atomic E-state index is 0.186. The predicted molar refractivity (Wildman–Crippen MR) is 62.7 cm³/mol. The van der Waals surface area contributed by atoms with Crippen molar-refractivity contribution >= 4 is 17.3 Å². The van der Waals surface area contributed by atoms with Crippen LogP contribution in [0.2, 0.25) is 5.02 Å². The molecule has 1 N–H and O–H groups in total. The molecule has 0 aromatic heterocycles. The molecule has 0 fully saturated rings. The summed E-state index contributed by atoms with van der Waals surface area (Å²) < 4.78 is 47.3. The molecular weight excluding hydrogens is 271 g/mol.